The SMILES string of the molecule is c1ccc(-c2c3ccccc3c(-c3ccc4oc5ccccc5c4c3)c3ccccc23)cc1.c1ccc(-c2cc(-c3c4ccccc4c(-c4ccccc4)c4ccccc34)c3c(c2)oc2ccccc23)cc1.c1ccc(-c2ccc(-c3c4ccccc4c(-c4ccc5ccccc5c4)c4ccccc34)c3ccccc23)cc1. The summed E-state index contributed by atoms with van der Waals surface area (Å²) in [6.07, 6.45) is 0. The summed E-state index contributed by atoms with van der Waals surface area (Å²) in [4.78, 5) is 0. The molecule has 21 aromatic carbocycles. The minimum Gasteiger partial charge on any atom is -0.456 e. The van der Waals surface area contributed by atoms with Crippen LogP contribution in [0.25, 0.3) is 219 Å². The van der Waals surface area contributed by atoms with Crippen molar-refractivity contribution in [1.82, 2.24) is 0 Å². The molecule has 2 heterocycles. The molecular weight excluding hydrogens is 1350 g/mol. The highest BCUT2D eigenvalue weighted by Crippen LogP contribution is 2.51. The molecule has 23 rings (SSSR count). The predicted octanol–water partition coefficient (Wildman–Crippen LogP) is 31.4. The van der Waals surface area contributed by atoms with Gasteiger partial charge in [-0.1, -0.05) is 382 Å². The highest BCUT2D eigenvalue weighted by Gasteiger charge is 2.25. The van der Waals surface area contributed by atoms with Gasteiger partial charge in [-0.05, 0) is 218 Å². The first kappa shape index (κ1) is 65.6. The van der Waals surface area contributed by atoms with Gasteiger partial charge < -0.3 is 8.83 Å². The maximum Gasteiger partial charge on any atom is 0.136 e. The van der Waals surface area contributed by atoms with Crippen molar-refractivity contribution < 1.29 is 8.83 Å². The first-order valence-electron chi connectivity index (χ1n) is 38.5. The number of hydrogen-bond acceptors (Lipinski definition) is 2. The van der Waals surface area contributed by atoms with Crippen molar-refractivity contribution in [2.24, 2.45) is 0 Å². The highest BCUT2D eigenvalue weighted by atomic mass is 16.3. The molecule has 0 N–H and O–H groups in total. The predicted molar refractivity (Wildman–Crippen MR) is 477 cm³/mol. The van der Waals surface area contributed by atoms with Crippen LogP contribution in [0.4, 0.5) is 0 Å². The quantitative estimate of drug-likeness (QED) is 0.142. The smallest absolute Gasteiger partial charge is 0.136 e. The molecule has 2 nitrogen and oxygen atoms in total. The fraction of sp³-hybridized carbons (Fsp3) is 0. The van der Waals surface area contributed by atoms with Gasteiger partial charge in [-0.3, -0.25) is 0 Å². The van der Waals surface area contributed by atoms with E-state index in [0.717, 1.165) is 49.4 Å². The van der Waals surface area contributed by atoms with E-state index in [1.807, 2.05) is 18.2 Å². The van der Waals surface area contributed by atoms with Gasteiger partial charge in [0, 0.05) is 21.5 Å². The molecule has 2 heteroatoms. The van der Waals surface area contributed by atoms with E-state index in [4.69, 9.17) is 8.83 Å². The Morgan fingerprint density at radius 3 is 0.920 bits per heavy atom. The molecule has 0 radical (unpaired) electrons. The van der Waals surface area contributed by atoms with Crippen molar-refractivity contribution in [1.29, 1.82) is 0 Å². The molecule has 0 atom stereocenters. The zero-order valence-electron chi connectivity index (χ0n) is 61.2. The van der Waals surface area contributed by atoms with Gasteiger partial charge in [0.25, 0.3) is 0 Å². The third-order valence-electron chi connectivity index (χ3n) is 22.8. The van der Waals surface area contributed by atoms with Crippen molar-refractivity contribution >= 4 is 130 Å². The summed E-state index contributed by atoms with van der Waals surface area (Å²) < 4.78 is 12.6. The molecule has 2 aromatic heterocycles. The Kier molecular flexibility index (Phi) is 16.3. The second-order valence-corrected chi connectivity index (χ2v) is 29.1. The van der Waals surface area contributed by atoms with E-state index in [-0.39, 0.29) is 0 Å². The van der Waals surface area contributed by atoms with Crippen molar-refractivity contribution in [2.45, 2.75) is 0 Å². The molecule has 522 valence electrons. The number of furan rings is 2. The average Bonchev–Trinajstić information content (AvgIpc) is 1.15. The fourth-order valence-corrected chi connectivity index (χ4v) is 17.9. The Hall–Kier alpha value is -14.7. The number of hydrogen-bond donors (Lipinski definition) is 0. The largest absolute Gasteiger partial charge is 0.456 e. The Labute approximate surface area is 648 Å². The summed E-state index contributed by atoms with van der Waals surface area (Å²) >= 11 is 0. The summed E-state index contributed by atoms with van der Waals surface area (Å²) in [5.74, 6) is 0. The molecule has 0 aliphatic rings. The maximum atomic E-state index is 6.49. The summed E-state index contributed by atoms with van der Waals surface area (Å²) in [7, 11) is 0. The van der Waals surface area contributed by atoms with E-state index in [1.165, 1.54) is 170 Å². The van der Waals surface area contributed by atoms with Gasteiger partial charge in [-0.25, -0.2) is 0 Å². The molecule has 0 amide bonds. The highest BCUT2D eigenvalue weighted by molar-refractivity contribution is 6.28. The Balaban J connectivity index is 0.000000107. The van der Waals surface area contributed by atoms with Crippen LogP contribution < -0.4 is 0 Å². The van der Waals surface area contributed by atoms with E-state index in [2.05, 4.69) is 406 Å². The fourth-order valence-electron chi connectivity index (χ4n) is 17.9. The zero-order chi connectivity index (χ0) is 74.0. The van der Waals surface area contributed by atoms with Crippen LogP contribution in [0.15, 0.2) is 433 Å². The third-order valence-corrected chi connectivity index (χ3v) is 22.8. The van der Waals surface area contributed by atoms with Crippen LogP contribution in [0.3, 0.4) is 0 Å². The minimum atomic E-state index is 0.910. The molecule has 0 aliphatic heterocycles. The summed E-state index contributed by atoms with van der Waals surface area (Å²) in [5.41, 5.74) is 23.6. The lowest BCUT2D eigenvalue weighted by molar-refractivity contribution is 0.668. The van der Waals surface area contributed by atoms with Crippen LogP contribution in [0.1, 0.15) is 0 Å². The molecule has 112 heavy (non-hydrogen) atoms. The lowest BCUT2D eigenvalue weighted by atomic mass is 9.83. The maximum absolute atomic E-state index is 6.49. The Morgan fingerprint density at radius 1 is 0.125 bits per heavy atom. The number of fused-ring (bicyclic) bond motifs is 14. The lowest BCUT2D eigenvalue weighted by Crippen LogP contribution is -1.92. The van der Waals surface area contributed by atoms with Crippen LogP contribution in [0, 0.1) is 0 Å². The standard InChI is InChI=1S/C40H26.C38H24O.C32H20O/c1-2-13-28(14-3-1)31-24-25-38(33-17-7-6-16-32(31)33)40-36-20-10-8-18-34(36)39(35-19-9-11-21-37(35)40)30-23-22-27-12-4-5-15-29(27)26-30;1-3-13-25(14-4-1)27-23-33(38-32-21-11-12-22-34(32)39-35(38)24-27)37-30-19-9-7-17-28(30)36(26-15-5-2-6-16-26)29-18-8-10-20-31(29)37;1-2-10-21(11-3-1)31-24-13-4-6-15-26(24)32(27-16-7-5-14-25(27)31)22-18-19-30-28(20-22)23-12-8-9-17-29(23)33-30/h1-26H;1-24H;1-20H. The number of benzene rings is 21. The number of para-hydroxylation sites is 2. The van der Waals surface area contributed by atoms with Gasteiger partial charge in [-0.15, -0.1) is 0 Å². The molecule has 0 bridgehead atoms. The summed E-state index contributed by atoms with van der Waals surface area (Å²) in [6, 6.07) is 153. The zero-order valence-corrected chi connectivity index (χ0v) is 61.2. The molecule has 0 aliphatic carbocycles. The van der Waals surface area contributed by atoms with Crippen molar-refractivity contribution in [3.05, 3.63) is 425 Å². The van der Waals surface area contributed by atoms with Crippen molar-refractivity contribution in [3.8, 4) is 89.0 Å². The van der Waals surface area contributed by atoms with E-state index in [0.29, 0.717) is 0 Å². The molecule has 0 saturated carbocycles. The molecule has 0 saturated heterocycles. The monoisotopic (exact) mass is 1420 g/mol. The van der Waals surface area contributed by atoms with Crippen LogP contribution >= 0.6 is 0 Å². The van der Waals surface area contributed by atoms with E-state index in [1.54, 1.807) is 0 Å². The third kappa shape index (κ3) is 11.3. The van der Waals surface area contributed by atoms with Crippen molar-refractivity contribution in [3.63, 3.8) is 0 Å². The van der Waals surface area contributed by atoms with Crippen LogP contribution in [0.2, 0.25) is 0 Å². The van der Waals surface area contributed by atoms with Gasteiger partial charge in [0.05, 0.1) is 0 Å². The molecule has 0 spiro atoms. The van der Waals surface area contributed by atoms with E-state index >= 15 is 0 Å². The van der Waals surface area contributed by atoms with Gasteiger partial charge in [0.1, 0.15) is 22.3 Å². The second kappa shape index (κ2) is 27.8. The summed E-state index contributed by atoms with van der Waals surface area (Å²) in [5, 5.41) is 24.9. The first-order valence-corrected chi connectivity index (χ1v) is 38.5. The van der Waals surface area contributed by atoms with Gasteiger partial charge in [-0.2, -0.15) is 0 Å². The van der Waals surface area contributed by atoms with Gasteiger partial charge >= 0.3 is 0 Å². The topological polar surface area (TPSA) is 26.3 Å². The van der Waals surface area contributed by atoms with Crippen LogP contribution in [-0.2, 0) is 0 Å². The summed E-state index contributed by atoms with van der Waals surface area (Å²) in [6.45, 7) is 0. The van der Waals surface area contributed by atoms with Crippen molar-refractivity contribution in [2.75, 3.05) is 0 Å². The van der Waals surface area contributed by atoms with Crippen LogP contribution in [0.5, 0.6) is 0 Å². The normalized spacial score (nSPS) is 11.6. The van der Waals surface area contributed by atoms with E-state index in [9.17, 15) is 0 Å². The van der Waals surface area contributed by atoms with Gasteiger partial charge in [0.2, 0.25) is 0 Å². The average molecular weight is 1420 g/mol. The van der Waals surface area contributed by atoms with Crippen LogP contribution in [-0.4, -0.2) is 0 Å². The molecule has 0 unspecified atom stereocenters. The van der Waals surface area contributed by atoms with E-state index < -0.39 is 0 Å². The first-order chi connectivity index (χ1) is 55.6. The molecular formula is C110H70O2. The van der Waals surface area contributed by atoms with Gasteiger partial charge in [0.15, 0.2) is 0 Å². The molecule has 23 aromatic rings. The number of rotatable bonds is 8. The lowest BCUT2D eigenvalue weighted by Gasteiger charge is -2.20. The Morgan fingerprint density at radius 2 is 0.438 bits per heavy atom. The molecule has 0 fully saturated rings. The Bertz CT molecular complexity index is 7430. The second-order valence-electron chi connectivity index (χ2n) is 29.1. The minimum absolute atomic E-state index is 0.910.